The maximum Gasteiger partial charge on any atom is 0.303 e. The summed E-state index contributed by atoms with van der Waals surface area (Å²) in [4.78, 5) is 13.0. The fraction of sp³-hybridized carbons (Fsp3) is 0.909. The van der Waals surface area contributed by atoms with Gasteiger partial charge in [0.1, 0.15) is 5.60 Å². The molecule has 0 unspecified atom stereocenters. The highest BCUT2D eigenvalue weighted by Gasteiger charge is 2.21. The van der Waals surface area contributed by atoms with Crippen LogP contribution < -0.4 is 0 Å². The van der Waals surface area contributed by atoms with E-state index >= 15 is 0 Å². The van der Waals surface area contributed by atoms with Gasteiger partial charge in [-0.15, -0.1) is 0 Å². The molecule has 0 aromatic rings. The minimum absolute atomic E-state index is 0.206. The van der Waals surface area contributed by atoms with Crippen molar-refractivity contribution >= 4 is 5.97 Å². The maximum absolute atomic E-state index is 10.8. The molecule has 0 bridgehead atoms. The molecule has 0 aromatic carbocycles. The van der Waals surface area contributed by atoms with Gasteiger partial charge < -0.3 is 9.64 Å². The highest BCUT2D eigenvalue weighted by molar-refractivity contribution is 5.66. The van der Waals surface area contributed by atoms with Crippen LogP contribution in [0.15, 0.2) is 0 Å². The van der Waals surface area contributed by atoms with Crippen LogP contribution in [0.1, 0.15) is 41.0 Å². The number of hydrogen-bond donors (Lipinski definition) is 0. The first-order valence-corrected chi connectivity index (χ1v) is 5.14. The molecular formula is C11H23NO2. The molecule has 14 heavy (non-hydrogen) atoms. The summed E-state index contributed by atoms with van der Waals surface area (Å²) in [6.45, 7) is 10.6. The summed E-state index contributed by atoms with van der Waals surface area (Å²) >= 11 is 0. The minimum atomic E-state index is -0.352. The quantitative estimate of drug-likeness (QED) is 0.638. The second-order valence-corrected chi connectivity index (χ2v) is 4.68. The van der Waals surface area contributed by atoms with Gasteiger partial charge in [-0.1, -0.05) is 0 Å². The van der Waals surface area contributed by atoms with Crippen molar-refractivity contribution in [2.24, 2.45) is 0 Å². The van der Waals surface area contributed by atoms with E-state index in [2.05, 4.69) is 25.8 Å². The Kier molecular flexibility index (Phi) is 5.13. The van der Waals surface area contributed by atoms with Crippen LogP contribution in [0.3, 0.4) is 0 Å². The molecule has 0 aromatic heterocycles. The third-order valence-electron chi connectivity index (χ3n) is 2.37. The lowest BCUT2D eigenvalue weighted by Crippen LogP contribution is -2.35. The predicted molar refractivity (Wildman–Crippen MR) is 58.2 cm³/mol. The highest BCUT2D eigenvalue weighted by atomic mass is 16.6. The van der Waals surface area contributed by atoms with E-state index in [0.29, 0.717) is 6.04 Å². The smallest absolute Gasteiger partial charge is 0.303 e. The Morgan fingerprint density at radius 1 is 1.43 bits per heavy atom. The summed E-state index contributed by atoms with van der Waals surface area (Å²) in [6.07, 6.45) is 0.862. The SMILES string of the molecule is CC(=O)OC(C)(C)CCN(C)C(C)C. The molecule has 0 radical (unpaired) electrons. The third kappa shape index (κ3) is 5.97. The molecule has 0 saturated heterocycles. The Morgan fingerprint density at radius 3 is 2.29 bits per heavy atom. The average Bonchev–Trinajstić information content (AvgIpc) is 1.97. The van der Waals surface area contributed by atoms with Crippen LogP contribution in [0.4, 0.5) is 0 Å². The Hall–Kier alpha value is -0.570. The van der Waals surface area contributed by atoms with Crippen molar-refractivity contribution < 1.29 is 9.53 Å². The van der Waals surface area contributed by atoms with E-state index in [1.54, 1.807) is 0 Å². The number of esters is 1. The summed E-state index contributed by atoms with van der Waals surface area (Å²) in [5.41, 5.74) is -0.352. The lowest BCUT2D eigenvalue weighted by atomic mass is 10.0. The van der Waals surface area contributed by atoms with Crippen LogP contribution in [0.25, 0.3) is 0 Å². The number of hydrogen-bond acceptors (Lipinski definition) is 3. The van der Waals surface area contributed by atoms with E-state index in [9.17, 15) is 4.79 Å². The Balaban J connectivity index is 3.92. The largest absolute Gasteiger partial charge is 0.460 e. The van der Waals surface area contributed by atoms with Gasteiger partial charge in [-0.25, -0.2) is 0 Å². The van der Waals surface area contributed by atoms with Crippen LogP contribution >= 0.6 is 0 Å². The number of carbonyl (C=O) groups is 1. The Morgan fingerprint density at radius 2 is 1.93 bits per heavy atom. The van der Waals surface area contributed by atoms with E-state index in [-0.39, 0.29) is 11.6 Å². The predicted octanol–water partition coefficient (Wildman–Crippen LogP) is 2.06. The lowest BCUT2D eigenvalue weighted by molar-refractivity contribution is -0.154. The summed E-state index contributed by atoms with van der Waals surface area (Å²) < 4.78 is 5.20. The van der Waals surface area contributed by atoms with Crippen LogP contribution in [0.2, 0.25) is 0 Å². The molecule has 3 nitrogen and oxygen atoms in total. The van der Waals surface area contributed by atoms with Crippen molar-refractivity contribution in [1.29, 1.82) is 0 Å². The van der Waals surface area contributed by atoms with Crippen molar-refractivity contribution in [2.45, 2.75) is 52.7 Å². The maximum atomic E-state index is 10.8. The molecule has 3 heteroatoms. The fourth-order valence-electron chi connectivity index (χ4n) is 1.14. The van der Waals surface area contributed by atoms with Crippen molar-refractivity contribution in [1.82, 2.24) is 4.90 Å². The summed E-state index contributed by atoms with van der Waals surface area (Å²) in [7, 11) is 2.08. The van der Waals surface area contributed by atoms with Gasteiger partial charge in [0.25, 0.3) is 0 Å². The number of carbonyl (C=O) groups excluding carboxylic acids is 1. The van der Waals surface area contributed by atoms with Crippen molar-refractivity contribution in [3.63, 3.8) is 0 Å². The highest BCUT2D eigenvalue weighted by Crippen LogP contribution is 2.15. The van der Waals surface area contributed by atoms with Crippen LogP contribution in [-0.4, -0.2) is 36.1 Å². The van der Waals surface area contributed by atoms with Gasteiger partial charge >= 0.3 is 5.97 Å². The first-order valence-electron chi connectivity index (χ1n) is 5.14. The molecule has 0 amide bonds. The summed E-state index contributed by atoms with van der Waals surface area (Å²) in [6, 6.07) is 0.531. The molecular weight excluding hydrogens is 178 g/mol. The summed E-state index contributed by atoms with van der Waals surface area (Å²) in [5, 5.41) is 0. The number of rotatable bonds is 5. The second kappa shape index (κ2) is 5.35. The molecule has 0 rings (SSSR count). The topological polar surface area (TPSA) is 29.5 Å². The van der Waals surface area contributed by atoms with Crippen molar-refractivity contribution in [3.05, 3.63) is 0 Å². The van der Waals surface area contributed by atoms with E-state index in [4.69, 9.17) is 4.74 Å². The van der Waals surface area contributed by atoms with Crippen LogP contribution in [-0.2, 0) is 9.53 Å². The van der Waals surface area contributed by atoms with Crippen molar-refractivity contribution in [2.75, 3.05) is 13.6 Å². The van der Waals surface area contributed by atoms with Crippen LogP contribution in [0, 0.1) is 0 Å². The Labute approximate surface area is 87.4 Å². The first kappa shape index (κ1) is 13.4. The number of ether oxygens (including phenoxy) is 1. The van der Waals surface area contributed by atoms with E-state index in [1.807, 2.05) is 13.8 Å². The molecule has 84 valence electrons. The van der Waals surface area contributed by atoms with Crippen molar-refractivity contribution in [3.8, 4) is 0 Å². The third-order valence-corrected chi connectivity index (χ3v) is 2.37. The monoisotopic (exact) mass is 201 g/mol. The average molecular weight is 201 g/mol. The molecule has 0 aliphatic carbocycles. The zero-order valence-corrected chi connectivity index (χ0v) is 10.3. The zero-order valence-electron chi connectivity index (χ0n) is 10.3. The Bertz CT molecular complexity index is 188. The molecule has 0 fully saturated rings. The molecule has 0 heterocycles. The molecule has 0 aliphatic heterocycles. The van der Waals surface area contributed by atoms with E-state index < -0.39 is 0 Å². The van der Waals surface area contributed by atoms with Gasteiger partial charge in [-0.3, -0.25) is 4.79 Å². The standard InChI is InChI=1S/C11H23NO2/c1-9(2)12(6)8-7-11(4,5)14-10(3)13/h9H,7-8H2,1-6H3. The van der Waals surface area contributed by atoms with Gasteiger partial charge in [0.05, 0.1) is 0 Å². The summed E-state index contributed by atoms with van der Waals surface area (Å²) in [5.74, 6) is -0.206. The van der Waals surface area contributed by atoms with Gasteiger partial charge in [0, 0.05) is 19.5 Å². The van der Waals surface area contributed by atoms with E-state index in [0.717, 1.165) is 13.0 Å². The van der Waals surface area contributed by atoms with Crippen LogP contribution in [0.5, 0.6) is 0 Å². The van der Waals surface area contributed by atoms with Gasteiger partial charge in [0.15, 0.2) is 0 Å². The first-order chi connectivity index (χ1) is 6.24. The number of nitrogens with zero attached hydrogens (tertiary/aromatic N) is 1. The molecule has 0 spiro atoms. The molecule has 0 saturated carbocycles. The zero-order chi connectivity index (χ0) is 11.4. The lowest BCUT2D eigenvalue weighted by Gasteiger charge is -2.28. The van der Waals surface area contributed by atoms with E-state index in [1.165, 1.54) is 6.92 Å². The van der Waals surface area contributed by atoms with Gasteiger partial charge in [-0.05, 0) is 41.2 Å². The van der Waals surface area contributed by atoms with Gasteiger partial charge in [-0.2, -0.15) is 0 Å². The molecule has 0 atom stereocenters. The molecule has 0 N–H and O–H groups in total. The molecule has 0 aliphatic rings. The fourth-order valence-corrected chi connectivity index (χ4v) is 1.14. The second-order valence-electron chi connectivity index (χ2n) is 4.68. The minimum Gasteiger partial charge on any atom is -0.460 e. The van der Waals surface area contributed by atoms with Gasteiger partial charge in [0.2, 0.25) is 0 Å². The normalized spacial score (nSPS) is 12.3.